The predicted molar refractivity (Wildman–Crippen MR) is 162 cm³/mol. The summed E-state index contributed by atoms with van der Waals surface area (Å²) in [6, 6.07) is 12.0. The fourth-order valence-corrected chi connectivity index (χ4v) is 5.97. The zero-order valence-corrected chi connectivity index (χ0v) is 24.5. The number of nitrogens with one attached hydrogen (secondary N) is 2. The van der Waals surface area contributed by atoms with E-state index in [1.165, 1.54) is 12.1 Å². The molecule has 6 rings (SSSR count). The topological polar surface area (TPSA) is 104 Å². The summed E-state index contributed by atoms with van der Waals surface area (Å²) in [6.45, 7) is 3.48. The monoisotopic (exact) mass is 603 g/mol. The van der Waals surface area contributed by atoms with Crippen molar-refractivity contribution in [1.29, 1.82) is 0 Å². The third kappa shape index (κ3) is 6.35. The molecule has 2 amide bonds. The number of alkyl halides is 2. The number of imidazole rings is 1. The number of hydrogen-bond acceptors (Lipinski definition) is 7. The van der Waals surface area contributed by atoms with Crippen LogP contribution in [0.4, 0.5) is 20.3 Å². The molecule has 2 N–H and O–H groups in total. The van der Waals surface area contributed by atoms with Crippen molar-refractivity contribution in [3.63, 3.8) is 0 Å². The number of nitrogens with zero attached hydrogens (tertiary/aromatic N) is 5. The van der Waals surface area contributed by atoms with Crippen molar-refractivity contribution >= 4 is 29.0 Å². The highest BCUT2D eigenvalue weighted by Crippen LogP contribution is 2.28. The first-order valence-electron chi connectivity index (χ1n) is 14.9. The smallest absolute Gasteiger partial charge is 0.387 e. The van der Waals surface area contributed by atoms with Gasteiger partial charge in [-0.2, -0.15) is 8.78 Å². The highest BCUT2D eigenvalue weighted by Gasteiger charge is 2.31. The number of ether oxygens (including phenoxy) is 1. The van der Waals surface area contributed by atoms with Crippen LogP contribution >= 0.6 is 0 Å². The van der Waals surface area contributed by atoms with Crippen molar-refractivity contribution in [2.24, 2.45) is 5.92 Å². The fraction of sp³-hybridized carbons (Fsp3) is 0.375. The zero-order chi connectivity index (χ0) is 30.6. The molecule has 4 heterocycles. The van der Waals surface area contributed by atoms with Gasteiger partial charge < -0.3 is 25.2 Å². The van der Waals surface area contributed by atoms with Gasteiger partial charge in [-0.1, -0.05) is 0 Å². The number of carbonyl (C=O) groups excluding carboxylic acids is 2. The first-order valence-corrected chi connectivity index (χ1v) is 14.9. The van der Waals surface area contributed by atoms with Crippen LogP contribution in [0.1, 0.15) is 35.2 Å². The molecule has 2 aromatic heterocycles. The van der Waals surface area contributed by atoms with Crippen LogP contribution in [-0.2, 0) is 4.79 Å². The standard InChI is InChI=1S/C32H35F2N7O3/c1-21-19-24(5-8-26(21)31(43)40-15-9-23(10-16-40)30(42)39-14-2-11-35-12-17-39)38-28-29-37-20-27(41(29)18-13-36-28)22-3-6-25(7-4-22)44-32(33)34/h3-8,13,18-20,23,32,35H,2,9-12,14-17H2,1H3,(H,36,38). The molecule has 230 valence electrons. The van der Waals surface area contributed by atoms with E-state index in [0.717, 1.165) is 55.1 Å². The molecule has 0 aliphatic carbocycles. The highest BCUT2D eigenvalue weighted by molar-refractivity contribution is 5.96. The van der Waals surface area contributed by atoms with E-state index < -0.39 is 6.61 Å². The first kappa shape index (κ1) is 29.5. The second-order valence-electron chi connectivity index (χ2n) is 11.2. The van der Waals surface area contributed by atoms with E-state index >= 15 is 0 Å². The molecule has 0 atom stereocenters. The number of carbonyl (C=O) groups is 2. The summed E-state index contributed by atoms with van der Waals surface area (Å²) in [5.74, 6) is 0.781. The summed E-state index contributed by atoms with van der Waals surface area (Å²) in [5, 5.41) is 6.65. The molecule has 4 aromatic rings. The maximum atomic E-state index is 13.4. The molecule has 0 unspecified atom stereocenters. The molecule has 10 nitrogen and oxygen atoms in total. The molecule has 2 aliphatic heterocycles. The lowest BCUT2D eigenvalue weighted by Crippen LogP contribution is -2.45. The number of hydrogen-bond donors (Lipinski definition) is 2. The second kappa shape index (κ2) is 13.0. The molecule has 2 aromatic carbocycles. The summed E-state index contributed by atoms with van der Waals surface area (Å²) in [4.78, 5) is 39.3. The lowest BCUT2D eigenvalue weighted by atomic mass is 9.94. The average Bonchev–Trinajstić information content (AvgIpc) is 3.28. The van der Waals surface area contributed by atoms with Gasteiger partial charge in [-0.05, 0) is 80.8 Å². The molecule has 12 heteroatoms. The lowest BCUT2D eigenvalue weighted by Gasteiger charge is -2.34. The van der Waals surface area contributed by atoms with Gasteiger partial charge in [0.2, 0.25) is 5.91 Å². The molecule has 2 aliphatic rings. The molecular formula is C32H35F2N7O3. The van der Waals surface area contributed by atoms with Crippen LogP contribution in [0.5, 0.6) is 5.75 Å². The van der Waals surface area contributed by atoms with E-state index in [9.17, 15) is 18.4 Å². The number of anilines is 2. The quantitative estimate of drug-likeness (QED) is 0.315. The predicted octanol–water partition coefficient (Wildman–Crippen LogP) is 4.72. The minimum atomic E-state index is -2.88. The third-order valence-electron chi connectivity index (χ3n) is 8.31. The van der Waals surface area contributed by atoms with Gasteiger partial charge in [-0.3, -0.25) is 14.0 Å². The molecule has 2 fully saturated rings. The van der Waals surface area contributed by atoms with Gasteiger partial charge in [-0.15, -0.1) is 0 Å². The van der Waals surface area contributed by atoms with Crippen molar-refractivity contribution < 1.29 is 23.1 Å². The number of halogens is 2. The van der Waals surface area contributed by atoms with Gasteiger partial charge >= 0.3 is 6.61 Å². The number of aromatic nitrogens is 3. The second-order valence-corrected chi connectivity index (χ2v) is 11.2. The molecular weight excluding hydrogens is 568 g/mol. The largest absolute Gasteiger partial charge is 0.435 e. The van der Waals surface area contributed by atoms with E-state index in [1.54, 1.807) is 30.7 Å². The number of rotatable bonds is 7. The summed E-state index contributed by atoms with van der Waals surface area (Å²) < 4.78 is 31.3. The Morgan fingerprint density at radius 1 is 1.00 bits per heavy atom. The van der Waals surface area contributed by atoms with Crippen molar-refractivity contribution in [2.75, 3.05) is 44.6 Å². The normalized spacial score (nSPS) is 16.3. The molecule has 0 saturated carbocycles. The number of benzene rings is 2. The number of likely N-dealkylation sites (tertiary alicyclic amines) is 1. The van der Waals surface area contributed by atoms with Crippen LogP contribution in [-0.4, -0.2) is 81.9 Å². The third-order valence-corrected chi connectivity index (χ3v) is 8.31. The summed E-state index contributed by atoms with van der Waals surface area (Å²) in [6.07, 6.45) is 7.46. The Kier molecular flexibility index (Phi) is 8.69. The van der Waals surface area contributed by atoms with Crippen molar-refractivity contribution in [3.05, 3.63) is 72.2 Å². The first-order chi connectivity index (χ1) is 21.4. The minimum Gasteiger partial charge on any atom is -0.435 e. The van der Waals surface area contributed by atoms with E-state index in [-0.39, 0.29) is 23.5 Å². The van der Waals surface area contributed by atoms with Gasteiger partial charge in [0.15, 0.2) is 11.5 Å². The lowest BCUT2D eigenvalue weighted by molar-refractivity contribution is -0.136. The van der Waals surface area contributed by atoms with Crippen molar-refractivity contribution in [3.8, 4) is 17.0 Å². The Morgan fingerprint density at radius 2 is 1.80 bits per heavy atom. The highest BCUT2D eigenvalue weighted by atomic mass is 19.3. The summed E-state index contributed by atoms with van der Waals surface area (Å²) in [5.41, 5.74) is 4.35. The Hall–Kier alpha value is -4.58. The summed E-state index contributed by atoms with van der Waals surface area (Å²) >= 11 is 0. The van der Waals surface area contributed by atoms with Crippen molar-refractivity contribution in [1.82, 2.24) is 29.5 Å². The molecule has 0 spiro atoms. The van der Waals surface area contributed by atoms with Crippen molar-refractivity contribution in [2.45, 2.75) is 32.8 Å². The van der Waals surface area contributed by atoms with Gasteiger partial charge in [0.25, 0.3) is 5.91 Å². The van der Waals surface area contributed by atoms with Gasteiger partial charge in [0.05, 0.1) is 11.9 Å². The van der Waals surface area contributed by atoms with Crippen LogP contribution in [0, 0.1) is 12.8 Å². The molecule has 44 heavy (non-hydrogen) atoms. The maximum absolute atomic E-state index is 13.4. The van der Waals surface area contributed by atoms with Gasteiger partial charge in [0, 0.05) is 67.8 Å². The van der Waals surface area contributed by atoms with E-state index in [0.29, 0.717) is 43.0 Å². The zero-order valence-electron chi connectivity index (χ0n) is 24.5. The Balaban J connectivity index is 1.11. The Bertz CT molecular complexity index is 1630. The average molecular weight is 604 g/mol. The van der Waals surface area contributed by atoms with Crippen LogP contribution in [0.25, 0.3) is 16.9 Å². The van der Waals surface area contributed by atoms with E-state index in [4.69, 9.17) is 0 Å². The van der Waals surface area contributed by atoms with Crippen LogP contribution < -0.4 is 15.4 Å². The number of aryl methyl sites for hydroxylation is 1. The maximum Gasteiger partial charge on any atom is 0.387 e. The molecule has 2 saturated heterocycles. The van der Waals surface area contributed by atoms with E-state index in [2.05, 4.69) is 25.3 Å². The number of fused-ring (bicyclic) bond motifs is 1. The van der Waals surface area contributed by atoms with Gasteiger partial charge in [0.1, 0.15) is 5.75 Å². The summed E-state index contributed by atoms with van der Waals surface area (Å²) in [7, 11) is 0. The number of amides is 2. The Morgan fingerprint density at radius 3 is 2.55 bits per heavy atom. The fourth-order valence-electron chi connectivity index (χ4n) is 5.97. The Labute approximate surface area is 254 Å². The van der Waals surface area contributed by atoms with Crippen LogP contribution in [0.15, 0.2) is 61.1 Å². The number of piperidine rings is 1. The molecule has 0 bridgehead atoms. The molecule has 0 radical (unpaired) electrons. The SMILES string of the molecule is Cc1cc(Nc2nccn3c(-c4ccc(OC(F)F)cc4)cnc23)ccc1C(=O)N1CCC(C(=O)N2CCCNCC2)CC1. The van der Waals surface area contributed by atoms with E-state index in [1.807, 2.05) is 39.3 Å². The van der Waals surface area contributed by atoms with Crippen LogP contribution in [0.3, 0.4) is 0 Å². The minimum absolute atomic E-state index is 0.0259. The van der Waals surface area contributed by atoms with Crippen LogP contribution in [0.2, 0.25) is 0 Å². The van der Waals surface area contributed by atoms with Gasteiger partial charge in [-0.25, -0.2) is 9.97 Å².